The molecular formula is C17H18N4. The molecule has 1 aromatic carbocycles. The van der Waals surface area contributed by atoms with E-state index in [0.717, 1.165) is 40.1 Å². The molecule has 0 saturated heterocycles. The van der Waals surface area contributed by atoms with Crippen LogP contribution in [-0.2, 0) is 0 Å². The second-order valence-corrected chi connectivity index (χ2v) is 5.02. The number of nitrogens with one attached hydrogen (secondary N) is 1. The molecule has 0 spiro atoms. The van der Waals surface area contributed by atoms with Gasteiger partial charge in [0.25, 0.3) is 0 Å². The summed E-state index contributed by atoms with van der Waals surface area (Å²) in [5.74, 6) is 1.56. The highest BCUT2D eigenvalue weighted by atomic mass is 15.0. The van der Waals surface area contributed by atoms with Crippen LogP contribution < -0.4 is 5.32 Å². The zero-order chi connectivity index (χ0) is 14.8. The molecule has 0 aliphatic rings. The van der Waals surface area contributed by atoms with Crippen LogP contribution in [0.1, 0.15) is 18.2 Å². The number of anilines is 1. The third-order valence-electron chi connectivity index (χ3n) is 3.62. The average Bonchev–Trinajstić information content (AvgIpc) is 2.51. The molecule has 0 aliphatic carbocycles. The molecule has 0 fully saturated rings. The Hall–Kier alpha value is -2.49. The monoisotopic (exact) mass is 278 g/mol. The van der Waals surface area contributed by atoms with Crippen LogP contribution in [0, 0.1) is 13.8 Å². The smallest absolute Gasteiger partial charge is 0.181 e. The lowest BCUT2D eigenvalue weighted by atomic mass is 10.1. The molecule has 4 nitrogen and oxygen atoms in total. The minimum Gasteiger partial charge on any atom is -0.370 e. The first-order chi connectivity index (χ1) is 10.2. The second-order valence-electron chi connectivity index (χ2n) is 5.02. The fourth-order valence-corrected chi connectivity index (χ4v) is 2.37. The van der Waals surface area contributed by atoms with Crippen LogP contribution in [0.5, 0.6) is 0 Å². The SMILES string of the molecule is CCNc1nc(-c2nccc3ccccc23)nc(C)c1C. The van der Waals surface area contributed by atoms with Crippen molar-refractivity contribution < 1.29 is 0 Å². The van der Waals surface area contributed by atoms with Crippen LogP contribution >= 0.6 is 0 Å². The summed E-state index contributed by atoms with van der Waals surface area (Å²) < 4.78 is 0. The molecule has 21 heavy (non-hydrogen) atoms. The molecule has 106 valence electrons. The zero-order valence-electron chi connectivity index (χ0n) is 12.5. The van der Waals surface area contributed by atoms with Gasteiger partial charge in [0.1, 0.15) is 11.5 Å². The number of hydrogen-bond donors (Lipinski definition) is 1. The van der Waals surface area contributed by atoms with E-state index in [-0.39, 0.29) is 0 Å². The van der Waals surface area contributed by atoms with E-state index >= 15 is 0 Å². The van der Waals surface area contributed by atoms with Gasteiger partial charge < -0.3 is 5.32 Å². The van der Waals surface area contributed by atoms with Gasteiger partial charge in [-0.1, -0.05) is 24.3 Å². The van der Waals surface area contributed by atoms with E-state index in [2.05, 4.69) is 39.3 Å². The molecule has 0 unspecified atom stereocenters. The summed E-state index contributed by atoms with van der Waals surface area (Å²) in [5.41, 5.74) is 2.89. The lowest BCUT2D eigenvalue weighted by Crippen LogP contribution is -2.06. The van der Waals surface area contributed by atoms with Gasteiger partial charge in [0.2, 0.25) is 0 Å². The highest BCUT2D eigenvalue weighted by Gasteiger charge is 2.12. The van der Waals surface area contributed by atoms with Gasteiger partial charge in [-0.3, -0.25) is 4.98 Å². The van der Waals surface area contributed by atoms with E-state index < -0.39 is 0 Å². The third kappa shape index (κ3) is 2.44. The number of hydrogen-bond acceptors (Lipinski definition) is 4. The van der Waals surface area contributed by atoms with Crippen LogP contribution in [-0.4, -0.2) is 21.5 Å². The van der Waals surface area contributed by atoms with Crippen molar-refractivity contribution >= 4 is 16.6 Å². The number of aryl methyl sites for hydroxylation is 1. The van der Waals surface area contributed by atoms with Gasteiger partial charge in [0, 0.05) is 29.4 Å². The number of aromatic nitrogens is 3. The Morgan fingerprint density at radius 3 is 2.67 bits per heavy atom. The summed E-state index contributed by atoms with van der Waals surface area (Å²) in [5, 5.41) is 5.52. The van der Waals surface area contributed by atoms with Crippen molar-refractivity contribution in [1.82, 2.24) is 15.0 Å². The lowest BCUT2D eigenvalue weighted by Gasteiger charge is -2.11. The molecule has 3 rings (SSSR count). The Morgan fingerprint density at radius 1 is 1.05 bits per heavy atom. The molecule has 0 amide bonds. The number of benzene rings is 1. The third-order valence-corrected chi connectivity index (χ3v) is 3.62. The fourth-order valence-electron chi connectivity index (χ4n) is 2.37. The van der Waals surface area contributed by atoms with Gasteiger partial charge in [-0.2, -0.15) is 0 Å². The normalized spacial score (nSPS) is 10.8. The Balaban J connectivity index is 2.23. The highest BCUT2D eigenvalue weighted by Crippen LogP contribution is 2.26. The summed E-state index contributed by atoms with van der Waals surface area (Å²) in [7, 11) is 0. The maximum absolute atomic E-state index is 4.66. The van der Waals surface area contributed by atoms with E-state index in [0.29, 0.717) is 5.82 Å². The van der Waals surface area contributed by atoms with Crippen LogP contribution in [0.25, 0.3) is 22.3 Å². The summed E-state index contributed by atoms with van der Waals surface area (Å²) in [4.78, 5) is 13.8. The van der Waals surface area contributed by atoms with Crippen molar-refractivity contribution in [2.75, 3.05) is 11.9 Å². The minimum atomic E-state index is 0.672. The van der Waals surface area contributed by atoms with Crippen molar-refractivity contribution in [3.63, 3.8) is 0 Å². The molecule has 0 saturated carbocycles. The zero-order valence-corrected chi connectivity index (χ0v) is 12.5. The predicted octanol–water partition coefficient (Wildman–Crippen LogP) is 3.74. The molecule has 4 heteroatoms. The summed E-state index contributed by atoms with van der Waals surface area (Å²) in [6.45, 7) is 6.94. The molecule has 0 bridgehead atoms. The quantitative estimate of drug-likeness (QED) is 0.793. The Labute approximate surface area is 124 Å². The standard InChI is InChI=1S/C17H18N4/c1-4-18-16-11(2)12(3)20-17(21-16)15-14-8-6-5-7-13(14)9-10-19-15/h5-10H,4H2,1-3H3,(H,18,20,21). The van der Waals surface area contributed by atoms with E-state index in [1.807, 2.05) is 38.2 Å². The van der Waals surface area contributed by atoms with Crippen LogP contribution in [0.2, 0.25) is 0 Å². The molecule has 1 N–H and O–H groups in total. The van der Waals surface area contributed by atoms with Crippen molar-refractivity contribution in [3.8, 4) is 11.5 Å². The Morgan fingerprint density at radius 2 is 1.86 bits per heavy atom. The van der Waals surface area contributed by atoms with Gasteiger partial charge in [-0.05, 0) is 32.2 Å². The Kier molecular flexibility index (Phi) is 3.52. The lowest BCUT2D eigenvalue weighted by molar-refractivity contribution is 1.04. The first-order valence-electron chi connectivity index (χ1n) is 7.14. The van der Waals surface area contributed by atoms with Gasteiger partial charge in [0.05, 0.1) is 0 Å². The first-order valence-corrected chi connectivity index (χ1v) is 7.14. The van der Waals surface area contributed by atoms with Gasteiger partial charge >= 0.3 is 0 Å². The summed E-state index contributed by atoms with van der Waals surface area (Å²) in [6, 6.07) is 10.2. The first kappa shape index (κ1) is 13.5. The van der Waals surface area contributed by atoms with Crippen molar-refractivity contribution in [1.29, 1.82) is 0 Å². The maximum Gasteiger partial charge on any atom is 0.181 e. The molecule has 2 heterocycles. The number of nitrogens with zero attached hydrogens (tertiary/aromatic N) is 3. The van der Waals surface area contributed by atoms with Gasteiger partial charge in [-0.15, -0.1) is 0 Å². The minimum absolute atomic E-state index is 0.672. The highest BCUT2D eigenvalue weighted by molar-refractivity contribution is 5.93. The molecule has 0 atom stereocenters. The van der Waals surface area contributed by atoms with Crippen LogP contribution in [0.15, 0.2) is 36.5 Å². The summed E-state index contributed by atoms with van der Waals surface area (Å²) >= 11 is 0. The average molecular weight is 278 g/mol. The maximum atomic E-state index is 4.66. The molecule has 0 aliphatic heterocycles. The van der Waals surface area contributed by atoms with E-state index in [1.54, 1.807) is 0 Å². The van der Waals surface area contributed by atoms with Gasteiger partial charge in [-0.25, -0.2) is 9.97 Å². The van der Waals surface area contributed by atoms with E-state index in [9.17, 15) is 0 Å². The van der Waals surface area contributed by atoms with E-state index in [1.165, 1.54) is 0 Å². The number of pyridine rings is 1. The molecular weight excluding hydrogens is 260 g/mol. The molecule has 2 aromatic heterocycles. The number of rotatable bonds is 3. The molecule has 0 radical (unpaired) electrons. The predicted molar refractivity (Wildman–Crippen MR) is 86.4 cm³/mol. The van der Waals surface area contributed by atoms with Crippen molar-refractivity contribution in [3.05, 3.63) is 47.8 Å². The van der Waals surface area contributed by atoms with Crippen molar-refractivity contribution in [2.45, 2.75) is 20.8 Å². The topological polar surface area (TPSA) is 50.7 Å². The van der Waals surface area contributed by atoms with Crippen molar-refractivity contribution in [2.24, 2.45) is 0 Å². The number of fused-ring (bicyclic) bond motifs is 1. The Bertz CT molecular complexity index is 791. The van der Waals surface area contributed by atoms with E-state index in [4.69, 9.17) is 0 Å². The summed E-state index contributed by atoms with van der Waals surface area (Å²) in [6.07, 6.45) is 1.81. The fraction of sp³-hybridized carbons (Fsp3) is 0.235. The molecule has 3 aromatic rings. The van der Waals surface area contributed by atoms with Crippen LogP contribution in [0.4, 0.5) is 5.82 Å². The van der Waals surface area contributed by atoms with Gasteiger partial charge in [0.15, 0.2) is 5.82 Å². The second kappa shape index (κ2) is 5.48. The largest absolute Gasteiger partial charge is 0.370 e. The van der Waals surface area contributed by atoms with Crippen LogP contribution in [0.3, 0.4) is 0 Å².